The van der Waals surface area contributed by atoms with Crippen molar-refractivity contribution in [2.24, 2.45) is 11.8 Å². The maximum Gasteiger partial charge on any atom is 0.417 e. The summed E-state index contributed by atoms with van der Waals surface area (Å²) in [5, 5.41) is 5.95. The molecule has 0 saturated carbocycles. The second kappa shape index (κ2) is 10.8. The van der Waals surface area contributed by atoms with Crippen molar-refractivity contribution in [1.29, 1.82) is 0 Å². The SMILES string of the molecule is COc1c([C@H]2[C@H](C(=O)Nc3ccnc(C(=O)N4C[C@H]5CC[C@@H](C4)NC5)c3)O[C@@](C)(C(F)(F)F)[C@H]2C)ccc(F)c1F. The van der Waals surface area contributed by atoms with E-state index in [1.54, 1.807) is 4.90 Å². The average Bonchev–Trinajstić information content (AvgIpc) is 3.09. The number of carbonyl (C=O) groups excluding carboxylic acids is 2. The van der Waals surface area contributed by atoms with Gasteiger partial charge in [0.1, 0.15) is 11.8 Å². The first-order valence-electron chi connectivity index (χ1n) is 13.4. The first-order chi connectivity index (χ1) is 19.3. The summed E-state index contributed by atoms with van der Waals surface area (Å²) in [6, 6.07) is 4.81. The van der Waals surface area contributed by atoms with Crippen molar-refractivity contribution in [2.45, 2.75) is 56.5 Å². The Morgan fingerprint density at radius 1 is 1.20 bits per heavy atom. The topological polar surface area (TPSA) is 92.8 Å². The van der Waals surface area contributed by atoms with Crippen molar-refractivity contribution < 1.29 is 41.0 Å². The fourth-order valence-electron chi connectivity index (χ4n) is 6.14. The number of halogens is 5. The molecular weight excluding hydrogens is 551 g/mol. The van der Waals surface area contributed by atoms with Gasteiger partial charge in [0.05, 0.1) is 7.11 Å². The number of carbonyl (C=O) groups is 2. The Morgan fingerprint density at radius 2 is 1.95 bits per heavy atom. The van der Waals surface area contributed by atoms with E-state index in [-0.39, 0.29) is 28.9 Å². The van der Waals surface area contributed by atoms with E-state index < -0.39 is 53.0 Å². The normalized spacial score (nSPS) is 29.8. The van der Waals surface area contributed by atoms with E-state index in [2.05, 4.69) is 15.6 Å². The molecule has 1 aromatic heterocycles. The van der Waals surface area contributed by atoms with E-state index in [0.29, 0.717) is 19.0 Å². The Bertz CT molecular complexity index is 1320. The number of alkyl halides is 3. The number of benzene rings is 1. The Kier molecular flexibility index (Phi) is 7.70. The van der Waals surface area contributed by atoms with Crippen LogP contribution in [0.25, 0.3) is 0 Å². The van der Waals surface area contributed by atoms with E-state index in [0.717, 1.165) is 45.6 Å². The molecule has 4 aliphatic rings. The van der Waals surface area contributed by atoms with Crippen LogP contribution in [0, 0.1) is 23.5 Å². The molecule has 13 heteroatoms. The Morgan fingerprint density at radius 3 is 2.61 bits per heavy atom. The Hall–Kier alpha value is -3.32. The Balaban J connectivity index is 1.43. The summed E-state index contributed by atoms with van der Waals surface area (Å²) < 4.78 is 81.5. The molecule has 41 heavy (non-hydrogen) atoms. The summed E-state index contributed by atoms with van der Waals surface area (Å²) in [5.74, 6) is -6.93. The highest BCUT2D eigenvalue weighted by Gasteiger charge is 2.66. The highest BCUT2D eigenvalue weighted by atomic mass is 19.4. The van der Waals surface area contributed by atoms with Gasteiger partial charge in [-0.2, -0.15) is 17.6 Å². The van der Waals surface area contributed by atoms with Crippen LogP contribution in [0.2, 0.25) is 0 Å². The zero-order chi connectivity index (χ0) is 29.7. The summed E-state index contributed by atoms with van der Waals surface area (Å²) in [4.78, 5) is 32.6. The number of methoxy groups -OCH3 is 1. The van der Waals surface area contributed by atoms with E-state index in [1.807, 2.05) is 0 Å². The van der Waals surface area contributed by atoms with Crippen molar-refractivity contribution in [3.63, 3.8) is 0 Å². The number of nitrogens with zero attached hydrogens (tertiary/aromatic N) is 2. The number of hydrogen-bond acceptors (Lipinski definition) is 6. The molecule has 2 amide bonds. The summed E-state index contributed by atoms with van der Waals surface area (Å²) in [6.07, 6.45) is -3.33. The van der Waals surface area contributed by atoms with Crippen LogP contribution in [0.5, 0.6) is 5.75 Å². The number of ether oxygens (including phenoxy) is 2. The molecule has 6 rings (SSSR count). The summed E-state index contributed by atoms with van der Waals surface area (Å²) in [6.45, 7) is 3.98. The molecular formula is C28H31F5N4O4. The van der Waals surface area contributed by atoms with E-state index in [9.17, 15) is 31.5 Å². The average molecular weight is 583 g/mol. The van der Waals surface area contributed by atoms with E-state index >= 15 is 0 Å². The predicted molar refractivity (Wildman–Crippen MR) is 137 cm³/mol. The van der Waals surface area contributed by atoms with Crippen molar-refractivity contribution in [2.75, 3.05) is 32.1 Å². The van der Waals surface area contributed by atoms with Crippen LogP contribution >= 0.6 is 0 Å². The number of piperidine rings is 1. The van der Waals surface area contributed by atoms with Crippen LogP contribution in [0.3, 0.4) is 0 Å². The number of pyridine rings is 1. The van der Waals surface area contributed by atoms with Crippen LogP contribution < -0.4 is 15.4 Å². The van der Waals surface area contributed by atoms with Gasteiger partial charge in [0.25, 0.3) is 11.8 Å². The Labute approximate surface area is 233 Å². The molecule has 0 unspecified atom stereocenters. The van der Waals surface area contributed by atoms with Gasteiger partial charge in [-0.05, 0) is 50.4 Å². The van der Waals surface area contributed by atoms with Gasteiger partial charge in [-0.25, -0.2) is 4.39 Å². The second-order valence-electron chi connectivity index (χ2n) is 11.1. The lowest BCUT2D eigenvalue weighted by Crippen LogP contribution is -2.47. The third-order valence-corrected chi connectivity index (χ3v) is 8.64. The van der Waals surface area contributed by atoms with Crippen molar-refractivity contribution in [3.05, 3.63) is 53.4 Å². The number of aromatic nitrogens is 1. The van der Waals surface area contributed by atoms with Gasteiger partial charge in [0.2, 0.25) is 5.82 Å². The van der Waals surface area contributed by atoms with Gasteiger partial charge in [0, 0.05) is 48.4 Å². The minimum atomic E-state index is -4.89. The van der Waals surface area contributed by atoms with Gasteiger partial charge in [0.15, 0.2) is 17.2 Å². The standard InChI is InChI=1S/C28H31F5N4O4/c1-14-21(18-6-7-19(29)22(30)23(18)40-3)24(41-27(14,2)28(31,32)33)25(38)36-16-8-9-34-20(10-16)26(39)37-12-15-4-5-17(13-37)35-11-15/h6-10,14-15,17,21,24,35H,4-5,11-13H2,1-3H3,(H,34,36,38)/t14-,15-,17-,21-,24+,27+/m0/s1. The van der Waals surface area contributed by atoms with Crippen molar-refractivity contribution in [1.82, 2.24) is 15.2 Å². The highest BCUT2D eigenvalue weighted by Crippen LogP contribution is 2.55. The van der Waals surface area contributed by atoms with Crippen LogP contribution in [-0.4, -0.2) is 72.4 Å². The monoisotopic (exact) mass is 582 g/mol. The van der Waals surface area contributed by atoms with E-state index in [1.165, 1.54) is 25.3 Å². The first kappa shape index (κ1) is 29.2. The molecule has 5 heterocycles. The lowest BCUT2D eigenvalue weighted by molar-refractivity contribution is -0.272. The molecule has 4 fully saturated rings. The fraction of sp³-hybridized carbons (Fsp3) is 0.536. The number of nitrogens with one attached hydrogen (secondary N) is 2. The van der Waals surface area contributed by atoms with Crippen molar-refractivity contribution >= 4 is 17.5 Å². The maximum atomic E-state index is 14.6. The molecule has 222 valence electrons. The van der Waals surface area contributed by atoms with Gasteiger partial charge in [-0.3, -0.25) is 14.6 Å². The second-order valence-corrected chi connectivity index (χ2v) is 11.1. The predicted octanol–water partition coefficient (Wildman–Crippen LogP) is 4.27. The summed E-state index contributed by atoms with van der Waals surface area (Å²) >= 11 is 0. The number of hydrogen-bond donors (Lipinski definition) is 2. The smallest absolute Gasteiger partial charge is 0.417 e. The number of fused-ring (bicyclic) bond motifs is 4. The first-order valence-corrected chi connectivity index (χ1v) is 13.4. The third-order valence-electron chi connectivity index (χ3n) is 8.64. The number of amides is 2. The lowest BCUT2D eigenvalue weighted by atomic mass is 9.77. The molecule has 4 saturated heterocycles. The molecule has 4 aliphatic heterocycles. The van der Waals surface area contributed by atoms with Gasteiger partial charge >= 0.3 is 6.18 Å². The molecule has 1 aromatic carbocycles. The van der Waals surface area contributed by atoms with Crippen LogP contribution in [0.4, 0.5) is 27.6 Å². The molecule has 0 aliphatic carbocycles. The van der Waals surface area contributed by atoms with Gasteiger partial charge in [-0.1, -0.05) is 13.0 Å². The number of anilines is 1. The number of rotatable bonds is 5. The quantitative estimate of drug-likeness (QED) is 0.512. The largest absolute Gasteiger partial charge is 0.493 e. The molecule has 8 nitrogen and oxygen atoms in total. The van der Waals surface area contributed by atoms with Crippen LogP contribution in [0.15, 0.2) is 30.5 Å². The van der Waals surface area contributed by atoms with Crippen LogP contribution in [-0.2, 0) is 9.53 Å². The van der Waals surface area contributed by atoms with Gasteiger partial charge < -0.3 is 25.0 Å². The van der Waals surface area contributed by atoms with E-state index in [4.69, 9.17) is 9.47 Å². The molecule has 0 spiro atoms. The zero-order valence-electron chi connectivity index (χ0n) is 22.7. The molecule has 2 bridgehead atoms. The minimum Gasteiger partial charge on any atom is -0.493 e. The lowest BCUT2D eigenvalue weighted by Gasteiger charge is -2.32. The third kappa shape index (κ3) is 5.25. The van der Waals surface area contributed by atoms with Crippen LogP contribution in [0.1, 0.15) is 48.7 Å². The molecule has 2 aromatic rings. The molecule has 6 atom stereocenters. The summed E-state index contributed by atoms with van der Waals surface area (Å²) in [5.41, 5.74) is -2.72. The molecule has 0 radical (unpaired) electrons. The van der Waals surface area contributed by atoms with Gasteiger partial charge in [-0.15, -0.1) is 0 Å². The summed E-state index contributed by atoms with van der Waals surface area (Å²) in [7, 11) is 1.06. The maximum absolute atomic E-state index is 14.6. The highest BCUT2D eigenvalue weighted by molar-refractivity contribution is 5.98. The zero-order valence-corrected chi connectivity index (χ0v) is 22.7. The molecule has 2 N–H and O–H groups in total. The van der Waals surface area contributed by atoms with Crippen molar-refractivity contribution in [3.8, 4) is 5.75 Å². The fourth-order valence-corrected chi connectivity index (χ4v) is 6.14. The minimum absolute atomic E-state index is 0.0729.